The van der Waals surface area contributed by atoms with Crippen molar-refractivity contribution in [2.75, 3.05) is 0 Å². The lowest BCUT2D eigenvalue weighted by Crippen LogP contribution is -2.12. The van der Waals surface area contributed by atoms with Gasteiger partial charge in [-0.2, -0.15) is 0 Å². The molecule has 0 spiro atoms. The SMILES string of the molecule is CC(CCc1ccncc1)Oc1ccccc1. The number of aromatic nitrogens is 1. The smallest absolute Gasteiger partial charge is 0.119 e. The maximum atomic E-state index is 5.82. The molecular weight excluding hydrogens is 210 g/mol. The summed E-state index contributed by atoms with van der Waals surface area (Å²) in [6.45, 7) is 2.11. The van der Waals surface area contributed by atoms with E-state index in [9.17, 15) is 0 Å². The average molecular weight is 227 g/mol. The van der Waals surface area contributed by atoms with Crippen molar-refractivity contribution in [3.63, 3.8) is 0 Å². The topological polar surface area (TPSA) is 22.1 Å². The van der Waals surface area contributed by atoms with E-state index in [2.05, 4.69) is 24.0 Å². The van der Waals surface area contributed by atoms with Gasteiger partial charge >= 0.3 is 0 Å². The number of hydrogen-bond acceptors (Lipinski definition) is 2. The lowest BCUT2D eigenvalue weighted by atomic mass is 10.1. The summed E-state index contributed by atoms with van der Waals surface area (Å²) >= 11 is 0. The van der Waals surface area contributed by atoms with Crippen LogP contribution in [0.4, 0.5) is 0 Å². The highest BCUT2D eigenvalue weighted by atomic mass is 16.5. The third kappa shape index (κ3) is 3.91. The molecule has 0 aliphatic rings. The number of rotatable bonds is 5. The number of ether oxygens (including phenoxy) is 1. The molecule has 0 saturated heterocycles. The highest BCUT2D eigenvalue weighted by molar-refractivity contribution is 5.21. The molecular formula is C15H17NO. The van der Waals surface area contributed by atoms with E-state index >= 15 is 0 Å². The number of pyridine rings is 1. The minimum atomic E-state index is 0.227. The second-order valence-corrected chi connectivity index (χ2v) is 4.14. The molecule has 0 bridgehead atoms. The molecule has 1 aromatic carbocycles. The average Bonchev–Trinajstić information content (AvgIpc) is 2.39. The fourth-order valence-corrected chi connectivity index (χ4v) is 1.71. The van der Waals surface area contributed by atoms with Crippen LogP contribution in [0.5, 0.6) is 5.75 Å². The van der Waals surface area contributed by atoms with Gasteiger partial charge in [-0.25, -0.2) is 0 Å². The third-order valence-electron chi connectivity index (χ3n) is 2.67. The van der Waals surface area contributed by atoms with E-state index in [0.717, 1.165) is 18.6 Å². The van der Waals surface area contributed by atoms with E-state index in [0.29, 0.717) is 0 Å². The van der Waals surface area contributed by atoms with Gasteiger partial charge in [-0.1, -0.05) is 18.2 Å². The normalized spacial score (nSPS) is 12.1. The summed E-state index contributed by atoms with van der Waals surface area (Å²) in [5.74, 6) is 0.940. The van der Waals surface area contributed by atoms with Crippen LogP contribution < -0.4 is 4.74 Å². The van der Waals surface area contributed by atoms with Gasteiger partial charge in [0.05, 0.1) is 6.10 Å². The lowest BCUT2D eigenvalue weighted by Gasteiger charge is -2.14. The maximum Gasteiger partial charge on any atom is 0.119 e. The van der Waals surface area contributed by atoms with E-state index in [1.54, 1.807) is 0 Å². The standard InChI is InChI=1S/C15H17NO/c1-13(17-15-5-3-2-4-6-15)7-8-14-9-11-16-12-10-14/h2-6,9-13H,7-8H2,1H3. The van der Waals surface area contributed by atoms with Gasteiger partial charge < -0.3 is 4.74 Å². The molecule has 1 aromatic heterocycles. The number of para-hydroxylation sites is 1. The molecule has 0 saturated carbocycles. The van der Waals surface area contributed by atoms with E-state index in [1.165, 1.54) is 5.56 Å². The van der Waals surface area contributed by atoms with Crippen LogP contribution in [0.3, 0.4) is 0 Å². The number of aryl methyl sites for hydroxylation is 1. The first-order chi connectivity index (χ1) is 8.34. The molecule has 2 nitrogen and oxygen atoms in total. The highest BCUT2D eigenvalue weighted by Crippen LogP contribution is 2.13. The molecule has 1 heterocycles. The molecule has 0 radical (unpaired) electrons. The van der Waals surface area contributed by atoms with Crippen molar-refractivity contribution in [3.05, 3.63) is 60.4 Å². The fraction of sp³-hybridized carbons (Fsp3) is 0.267. The fourth-order valence-electron chi connectivity index (χ4n) is 1.71. The van der Waals surface area contributed by atoms with Crippen LogP contribution in [0.2, 0.25) is 0 Å². The number of hydrogen-bond donors (Lipinski definition) is 0. The summed E-state index contributed by atoms with van der Waals surface area (Å²) in [5.41, 5.74) is 1.31. The Labute approximate surface area is 102 Å². The summed E-state index contributed by atoms with van der Waals surface area (Å²) in [6, 6.07) is 14.1. The molecule has 0 fully saturated rings. The van der Waals surface area contributed by atoms with Crippen LogP contribution in [0, 0.1) is 0 Å². The zero-order valence-corrected chi connectivity index (χ0v) is 10.0. The first kappa shape index (κ1) is 11.6. The van der Waals surface area contributed by atoms with Crippen LogP contribution in [0.1, 0.15) is 18.9 Å². The van der Waals surface area contributed by atoms with Gasteiger partial charge in [-0.3, -0.25) is 4.98 Å². The molecule has 2 heteroatoms. The van der Waals surface area contributed by atoms with E-state index in [1.807, 2.05) is 42.7 Å². The minimum Gasteiger partial charge on any atom is -0.491 e. The largest absolute Gasteiger partial charge is 0.491 e. The minimum absolute atomic E-state index is 0.227. The molecule has 2 aromatic rings. The van der Waals surface area contributed by atoms with Crippen LogP contribution in [0.15, 0.2) is 54.9 Å². The van der Waals surface area contributed by atoms with Crippen molar-refractivity contribution < 1.29 is 4.74 Å². The van der Waals surface area contributed by atoms with Gasteiger partial charge in [0.1, 0.15) is 5.75 Å². The summed E-state index contributed by atoms with van der Waals surface area (Å²) in [7, 11) is 0. The number of nitrogens with zero attached hydrogens (tertiary/aromatic N) is 1. The predicted octanol–water partition coefficient (Wildman–Crippen LogP) is 3.48. The Balaban J connectivity index is 1.80. The van der Waals surface area contributed by atoms with E-state index in [-0.39, 0.29) is 6.10 Å². The first-order valence-corrected chi connectivity index (χ1v) is 5.95. The Hall–Kier alpha value is -1.83. The molecule has 1 unspecified atom stereocenters. The zero-order valence-electron chi connectivity index (χ0n) is 10.0. The molecule has 2 rings (SSSR count). The summed E-state index contributed by atoms with van der Waals surface area (Å²) in [4.78, 5) is 4.01. The Bertz CT molecular complexity index is 427. The van der Waals surface area contributed by atoms with Gasteiger partial charge in [0, 0.05) is 12.4 Å². The second-order valence-electron chi connectivity index (χ2n) is 4.14. The van der Waals surface area contributed by atoms with Crippen LogP contribution in [-0.4, -0.2) is 11.1 Å². The van der Waals surface area contributed by atoms with Crippen molar-refractivity contribution in [3.8, 4) is 5.75 Å². The zero-order chi connectivity index (χ0) is 11.9. The second kappa shape index (κ2) is 6.04. The highest BCUT2D eigenvalue weighted by Gasteiger charge is 2.04. The molecule has 0 amide bonds. The monoisotopic (exact) mass is 227 g/mol. The van der Waals surface area contributed by atoms with Gasteiger partial charge in [-0.15, -0.1) is 0 Å². The van der Waals surface area contributed by atoms with Crippen molar-refractivity contribution >= 4 is 0 Å². The van der Waals surface area contributed by atoms with E-state index in [4.69, 9.17) is 4.74 Å². The Morgan fingerprint density at radius 2 is 1.76 bits per heavy atom. The molecule has 0 N–H and O–H groups in total. The van der Waals surface area contributed by atoms with Gasteiger partial charge in [-0.05, 0) is 49.6 Å². The molecule has 0 aliphatic heterocycles. The van der Waals surface area contributed by atoms with Crippen molar-refractivity contribution in [2.24, 2.45) is 0 Å². The van der Waals surface area contributed by atoms with Crippen LogP contribution in [-0.2, 0) is 6.42 Å². The molecule has 1 atom stereocenters. The van der Waals surface area contributed by atoms with Gasteiger partial charge in [0.2, 0.25) is 0 Å². The van der Waals surface area contributed by atoms with Gasteiger partial charge in [0.25, 0.3) is 0 Å². The number of benzene rings is 1. The maximum absolute atomic E-state index is 5.82. The summed E-state index contributed by atoms with van der Waals surface area (Å²) in [6.07, 6.45) is 5.93. The Kier molecular flexibility index (Phi) is 4.14. The summed E-state index contributed by atoms with van der Waals surface area (Å²) in [5, 5.41) is 0. The van der Waals surface area contributed by atoms with Crippen molar-refractivity contribution in [1.29, 1.82) is 0 Å². The Morgan fingerprint density at radius 3 is 2.47 bits per heavy atom. The van der Waals surface area contributed by atoms with Crippen LogP contribution >= 0.6 is 0 Å². The van der Waals surface area contributed by atoms with E-state index < -0.39 is 0 Å². The van der Waals surface area contributed by atoms with Crippen molar-refractivity contribution in [2.45, 2.75) is 25.9 Å². The predicted molar refractivity (Wildman–Crippen MR) is 69.1 cm³/mol. The van der Waals surface area contributed by atoms with Crippen LogP contribution in [0.25, 0.3) is 0 Å². The molecule has 0 aliphatic carbocycles. The quantitative estimate of drug-likeness (QED) is 0.780. The Morgan fingerprint density at radius 1 is 1.06 bits per heavy atom. The lowest BCUT2D eigenvalue weighted by molar-refractivity contribution is 0.211. The first-order valence-electron chi connectivity index (χ1n) is 5.95. The van der Waals surface area contributed by atoms with Gasteiger partial charge in [0.15, 0.2) is 0 Å². The summed E-state index contributed by atoms with van der Waals surface area (Å²) < 4.78 is 5.82. The third-order valence-corrected chi connectivity index (χ3v) is 2.67. The molecule has 88 valence electrons. The molecule has 17 heavy (non-hydrogen) atoms. The van der Waals surface area contributed by atoms with Crippen molar-refractivity contribution in [1.82, 2.24) is 4.98 Å².